The Bertz CT molecular complexity index is 588. The molecule has 2 aromatic rings. The summed E-state index contributed by atoms with van der Waals surface area (Å²) in [7, 11) is 0. The molecule has 3 rings (SSSR count). The second kappa shape index (κ2) is 5.80. The molecular formula is C13H16N4OS2. The van der Waals surface area contributed by atoms with E-state index in [4.69, 9.17) is 5.73 Å². The number of nitrogens with zero attached hydrogens (tertiary/aromatic N) is 2. The minimum absolute atomic E-state index is 0.140. The first-order chi connectivity index (χ1) is 9.74. The molecule has 0 unspecified atom stereocenters. The number of nitrogens with two attached hydrogens (primary N) is 1. The molecule has 20 heavy (non-hydrogen) atoms. The van der Waals surface area contributed by atoms with Gasteiger partial charge in [0.25, 0.3) is 5.91 Å². The van der Waals surface area contributed by atoms with E-state index in [0.29, 0.717) is 17.2 Å². The van der Waals surface area contributed by atoms with Gasteiger partial charge in [0, 0.05) is 18.0 Å². The summed E-state index contributed by atoms with van der Waals surface area (Å²) in [5.74, 6) is 0.194. The molecule has 0 bridgehead atoms. The van der Waals surface area contributed by atoms with Gasteiger partial charge in [0.05, 0.1) is 6.54 Å². The number of rotatable bonds is 4. The zero-order valence-electron chi connectivity index (χ0n) is 11.0. The Hall–Kier alpha value is -1.60. The standard InChI is InChI=1S/C13H16N4OS2/c14-11-10(12(18)15-8-9-4-3-7-19-9)20-13(16-11)17-5-1-2-6-17/h3-4,7H,1-2,5-6,8,14H2,(H,15,18). The van der Waals surface area contributed by atoms with Gasteiger partial charge in [-0.3, -0.25) is 4.79 Å². The third-order valence-corrected chi connectivity index (χ3v) is 5.24. The highest BCUT2D eigenvalue weighted by molar-refractivity contribution is 7.18. The fourth-order valence-electron chi connectivity index (χ4n) is 2.19. The Labute approximate surface area is 125 Å². The number of carbonyl (C=O) groups is 1. The monoisotopic (exact) mass is 308 g/mol. The molecule has 0 aromatic carbocycles. The van der Waals surface area contributed by atoms with Gasteiger partial charge in [-0.25, -0.2) is 4.98 Å². The topological polar surface area (TPSA) is 71.2 Å². The van der Waals surface area contributed by atoms with E-state index in [1.807, 2.05) is 17.5 Å². The predicted octanol–water partition coefficient (Wildman–Crippen LogP) is 2.32. The third kappa shape index (κ3) is 2.78. The molecule has 0 spiro atoms. The zero-order valence-corrected chi connectivity index (χ0v) is 12.6. The maximum absolute atomic E-state index is 12.2. The quantitative estimate of drug-likeness (QED) is 0.909. The van der Waals surface area contributed by atoms with Crippen molar-refractivity contribution in [3.05, 3.63) is 27.3 Å². The van der Waals surface area contributed by atoms with E-state index in [1.165, 1.54) is 24.2 Å². The number of hydrogen-bond donors (Lipinski definition) is 2. The summed E-state index contributed by atoms with van der Waals surface area (Å²) in [4.78, 5) is 20.3. The van der Waals surface area contributed by atoms with Crippen LogP contribution in [0.3, 0.4) is 0 Å². The largest absolute Gasteiger partial charge is 0.382 e. The first kappa shape index (κ1) is 13.4. The van der Waals surface area contributed by atoms with Crippen molar-refractivity contribution in [1.82, 2.24) is 10.3 Å². The summed E-state index contributed by atoms with van der Waals surface area (Å²) in [6.07, 6.45) is 2.36. The molecule has 106 valence electrons. The fraction of sp³-hybridized carbons (Fsp3) is 0.385. The Morgan fingerprint density at radius 3 is 2.95 bits per heavy atom. The molecule has 5 nitrogen and oxygen atoms in total. The molecule has 0 saturated carbocycles. The first-order valence-corrected chi connectivity index (χ1v) is 8.25. The Balaban J connectivity index is 1.67. The molecule has 1 saturated heterocycles. The number of nitrogen functional groups attached to an aromatic ring is 1. The number of nitrogens with one attached hydrogen (secondary N) is 1. The first-order valence-electron chi connectivity index (χ1n) is 6.56. The van der Waals surface area contributed by atoms with Crippen molar-refractivity contribution in [2.75, 3.05) is 23.7 Å². The zero-order chi connectivity index (χ0) is 13.9. The van der Waals surface area contributed by atoms with Crippen molar-refractivity contribution in [1.29, 1.82) is 0 Å². The van der Waals surface area contributed by atoms with Crippen molar-refractivity contribution < 1.29 is 4.79 Å². The van der Waals surface area contributed by atoms with Gasteiger partial charge in [-0.15, -0.1) is 11.3 Å². The van der Waals surface area contributed by atoms with Crippen LogP contribution >= 0.6 is 22.7 Å². The number of thiophene rings is 1. The lowest BCUT2D eigenvalue weighted by Gasteiger charge is -2.11. The normalized spacial score (nSPS) is 14.7. The Kier molecular flexibility index (Phi) is 3.88. The van der Waals surface area contributed by atoms with Gasteiger partial charge in [0.15, 0.2) is 5.13 Å². The molecule has 2 aromatic heterocycles. The lowest BCUT2D eigenvalue weighted by molar-refractivity contribution is 0.0956. The van der Waals surface area contributed by atoms with E-state index in [1.54, 1.807) is 11.3 Å². The minimum Gasteiger partial charge on any atom is -0.382 e. The van der Waals surface area contributed by atoms with E-state index >= 15 is 0 Å². The summed E-state index contributed by atoms with van der Waals surface area (Å²) in [5.41, 5.74) is 5.87. The second-order valence-electron chi connectivity index (χ2n) is 4.67. The SMILES string of the molecule is Nc1nc(N2CCCC2)sc1C(=O)NCc1cccs1. The van der Waals surface area contributed by atoms with Gasteiger partial charge in [0.1, 0.15) is 10.7 Å². The van der Waals surface area contributed by atoms with Gasteiger partial charge in [0.2, 0.25) is 0 Å². The van der Waals surface area contributed by atoms with Crippen molar-refractivity contribution in [3.63, 3.8) is 0 Å². The highest BCUT2D eigenvalue weighted by Crippen LogP contribution is 2.30. The van der Waals surface area contributed by atoms with Crippen LogP contribution in [0.15, 0.2) is 17.5 Å². The number of anilines is 2. The van der Waals surface area contributed by atoms with Crippen molar-refractivity contribution in [2.24, 2.45) is 0 Å². The van der Waals surface area contributed by atoms with Gasteiger partial charge < -0.3 is 16.0 Å². The number of thiazole rings is 1. The number of carbonyl (C=O) groups excluding carboxylic acids is 1. The average Bonchev–Trinajstić information content (AvgIpc) is 3.17. The molecular weight excluding hydrogens is 292 g/mol. The van der Waals surface area contributed by atoms with E-state index in [-0.39, 0.29) is 5.91 Å². The molecule has 1 fully saturated rings. The van der Waals surface area contributed by atoms with Gasteiger partial charge in [-0.05, 0) is 24.3 Å². The van der Waals surface area contributed by atoms with Crippen LogP contribution in [0.5, 0.6) is 0 Å². The summed E-state index contributed by atoms with van der Waals surface area (Å²) in [6, 6.07) is 3.97. The van der Waals surface area contributed by atoms with Crippen LogP contribution in [0.4, 0.5) is 10.9 Å². The Morgan fingerprint density at radius 2 is 2.25 bits per heavy atom. The van der Waals surface area contributed by atoms with Crippen molar-refractivity contribution in [3.8, 4) is 0 Å². The van der Waals surface area contributed by atoms with Crippen molar-refractivity contribution >= 4 is 39.5 Å². The molecule has 1 aliphatic heterocycles. The average molecular weight is 308 g/mol. The highest BCUT2D eigenvalue weighted by atomic mass is 32.1. The smallest absolute Gasteiger partial charge is 0.265 e. The molecule has 3 N–H and O–H groups in total. The van der Waals surface area contributed by atoms with Crippen LogP contribution in [-0.4, -0.2) is 24.0 Å². The lowest BCUT2D eigenvalue weighted by Crippen LogP contribution is -2.22. The van der Waals surface area contributed by atoms with Crippen molar-refractivity contribution in [2.45, 2.75) is 19.4 Å². The predicted molar refractivity (Wildman–Crippen MR) is 83.5 cm³/mol. The molecule has 0 atom stereocenters. The summed E-state index contributed by atoms with van der Waals surface area (Å²) >= 11 is 3.01. The molecule has 1 amide bonds. The van der Waals surface area contributed by atoms with Crippen LogP contribution in [0, 0.1) is 0 Å². The summed E-state index contributed by atoms with van der Waals surface area (Å²) in [5, 5.41) is 5.75. The third-order valence-electron chi connectivity index (χ3n) is 3.23. The molecule has 3 heterocycles. The van der Waals surface area contributed by atoms with Gasteiger partial charge in [-0.2, -0.15) is 0 Å². The maximum Gasteiger partial charge on any atom is 0.265 e. The van der Waals surface area contributed by atoms with Crippen LogP contribution < -0.4 is 16.0 Å². The summed E-state index contributed by atoms with van der Waals surface area (Å²) < 4.78 is 0. The highest BCUT2D eigenvalue weighted by Gasteiger charge is 2.21. The summed E-state index contributed by atoms with van der Waals surface area (Å²) in [6.45, 7) is 2.54. The second-order valence-corrected chi connectivity index (χ2v) is 6.68. The van der Waals surface area contributed by atoms with E-state index in [9.17, 15) is 4.79 Å². The van der Waals surface area contributed by atoms with E-state index in [2.05, 4.69) is 15.2 Å². The molecule has 0 radical (unpaired) electrons. The lowest BCUT2D eigenvalue weighted by atomic mass is 10.4. The van der Waals surface area contributed by atoms with E-state index in [0.717, 1.165) is 23.1 Å². The van der Waals surface area contributed by atoms with Gasteiger partial charge in [-0.1, -0.05) is 17.4 Å². The van der Waals surface area contributed by atoms with Crippen LogP contribution in [0.2, 0.25) is 0 Å². The van der Waals surface area contributed by atoms with Gasteiger partial charge >= 0.3 is 0 Å². The maximum atomic E-state index is 12.2. The number of aromatic nitrogens is 1. The number of hydrogen-bond acceptors (Lipinski definition) is 6. The van der Waals surface area contributed by atoms with Crippen LogP contribution in [-0.2, 0) is 6.54 Å². The minimum atomic E-state index is -0.140. The molecule has 1 aliphatic rings. The molecule has 7 heteroatoms. The van der Waals surface area contributed by atoms with Crippen LogP contribution in [0.1, 0.15) is 27.4 Å². The number of amides is 1. The molecule has 0 aliphatic carbocycles. The van der Waals surface area contributed by atoms with Crippen LogP contribution in [0.25, 0.3) is 0 Å². The fourth-order valence-corrected chi connectivity index (χ4v) is 3.79. The van der Waals surface area contributed by atoms with E-state index < -0.39 is 0 Å². The Morgan fingerprint density at radius 1 is 1.45 bits per heavy atom.